The van der Waals surface area contributed by atoms with E-state index >= 15 is 0 Å². The summed E-state index contributed by atoms with van der Waals surface area (Å²) >= 11 is 0. The number of hydrogen-bond donors (Lipinski definition) is 0. The predicted molar refractivity (Wildman–Crippen MR) is 103 cm³/mol. The first-order valence-electron chi connectivity index (χ1n) is 8.68. The minimum absolute atomic E-state index is 0.352. The molecule has 0 saturated carbocycles. The molecule has 2 heteroatoms. The third kappa shape index (κ3) is 3.97. The number of benzene rings is 2. The monoisotopic (exact) mass is 331 g/mol. The van der Waals surface area contributed by atoms with Crippen LogP contribution in [0.15, 0.2) is 66.9 Å². The highest BCUT2D eigenvalue weighted by atomic mass is 16.5. The maximum absolute atomic E-state index is 6.30. The lowest BCUT2D eigenvalue weighted by Crippen LogP contribution is -2.21. The summed E-state index contributed by atoms with van der Waals surface area (Å²) in [4.78, 5) is 4.49. The summed E-state index contributed by atoms with van der Waals surface area (Å²) in [5, 5.41) is 0. The number of hydrogen-bond acceptors (Lipinski definition) is 2. The highest BCUT2D eigenvalue weighted by Gasteiger charge is 2.21. The SMILES string of the molecule is Cc1cc(-c2ccccc2C)c(COC(C)(C)c2ccccc2)cn1. The van der Waals surface area contributed by atoms with Gasteiger partial charge in [0.2, 0.25) is 0 Å². The van der Waals surface area contributed by atoms with Crippen molar-refractivity contribution in [3.8, 4) is 11.1 Å². The number of rotatable bonds is 5. The average molecular weight is 331 g/mol. The summed E-state index contributed by atoms with van der Waals surface area (Å²) in [7, 11) is 0. The molecule has 0 bridgehead atoms. The molecule has 2 aromatic carbocycles. The van der Waals surface area contributed by atoms with E-state index in [1.54, 1.807) is 0 Å². The normalized spacial score (nSPS) is 11.5. The molecule has 128 valence electrons. The molecule has 0 unspecified atom stereocenters. The van der Waals surface area contributed by atoms with E-state index in [9.17, 15) is 0 Å². The molecule has 25 heavy (non-hydrogen) atoms. The van der Waals surface area contributed by atoms with Crippen LogP contribution in [0.5, 0.6) is 0 Å². The second-order valence-corrected chi connectivity index (χ2v) is 6.96. The lowest BCUT2D eigenvalue weighted by molar-refractivity contribution is -0.0336. The molecule has 0 radical (unpaired) electrons. The molecular weight excluding hydrogens is 306 g/mol. The quantitative estimate of drug-likeness (QED) is 0.588. The molecule has 0 amide bonds. The van der Waals surface area contributed by atoms with Crippen LogP contribution in [0.3, 0.4) is 0 Å². The van der Waals surface area contributed by atoms with Crippen LogP contribution >= 0.6 is 0 Å². The third-order valence-corrected chi connectivity index (χ3v) is 4.62. The molecule has 0 spiro atoms. The van der Waals surface area contributed by atoms with Gasteiger partial charge in [0.15, 0.2) is 0 Å². The summed E-state index contributed by atoms with van der Waals surface area (Å²) in [6.07, 6.45) is 1.94. The van der Waals surface area contributed by atoms with E-state index in [0.717, 1.165) is 11.3 Å². The number of ether oxygens (including phenoxy) is 1. The van der Waals surface area contributed by atoms with Crippen molar-refractivity contribution in [3.63, 3.8) is 0 Å². The van der Waals surface area contributed by atoms with Crippen LogP contribution in [0, 0.1) is 13.8 Å². The van der Waals surface area contributed by atoms with Crippen LogP contribution < -0.4 is 0 Å². The summed E-state index contributed by atoms with van der Waals surface area (Å²) < 4.78 is 6.30. The van der Waals surface area contributed by atoms with E-state index in [2.05, 4.69) is 68.2 Å². The number of pyridine rings is 1. The van der Waals surface area contributed by atoms with Gasteiger partial charge in [-0.15, -0.1) is 0 Å². The Hall–Kier alpha value is -2.45. The van der Waals surface area contributed by atoms with Gasteiger partial charge in [-0.25, -0.2) is 0 Å². The Morgan fingerprint density at radius 2 is 1.56 bits per heavy atom. The summed E-state index contributed by atoms with van der Waals surface area (Å²) in [5.74, 6) is 0. The van der Waals surface area contributed by atoms with Crippen LogP contribution in [0.25, 0.3) is 11.1 Å². The second-order valence-electron chi connectivity index (χ2n) is 6.96. The van der Waals surface area contributed by atoms with Gasteiger partial charge in [0.25, 0.3) is 0 Å². The van der Waals surface area contributed by atoms with E-state index < -0.39 is 0 Å². The van der Waals surface area contributed by atoms with Crippen molar-refractivity contribution in [1.29, 1.82) is 0 Å². The van der Waals surface area contributed by atoms with Crippen molar-refractivity contribution < 1.29 is 4.74 Å². The largest absolute Gasteiger partial charge is 0.366 e. The maximum atomic E-state index is 6.30. The molecule has 3 rings (SSSR count). The van der Waals surface area contributed by atoms with Gasteiger partial charge in [0, 0.05) is 17.5 Å². The lowest BCUT2D eigenvalue weighted by Gasteiger charge is -2.26. The van der Waals surface area contributed by atoms with E-state index in [0.29, 0.717) is 6.61 Å². The number of aromatic nitrogens is 1. The minimum Gasteiger partial charge on any atom is -0.366 e. The van der Waals surface area contributed by atoms with Crippen LogP contribution in [-0.4, -0.2) is 4.98 Å². The zero-order valence-electron chi connectivity index (χ0n) is 15.4. The van der Waals surface area contributed by atoms with Gasteiger partial charge in [-0.05, 0) is 56.0 Å². The highest BCUT2D eigenvalue weighted by Crippen LogP contribution is 2.31. The Kier molecular flexibility index (Phi) is 5.00. The molecular formula is C23H25NO. The topological polar surface area (TPSA) is 22.1 Å². The van der Waals surface area contributed by atoms with Gasteiger partial charge in [-0.1, -0.05) is 54.6 Å². The van der Waals surface area contributed by atoms with Crippen molar-refractivity contribution in [2.75, 3.05) is 0 Å². The Morgan fingerprint density at radius 3 is 2.28 bits per heavy atom. The minimum atomic E-state index is -0.352. The fourth-order valence-electron chi connectivity index (χ4n) is 3.01. The van der Waals surface area contributed by atoms with E-state index in [-0.39, 0.29) is 5.60 Å². The zero-order chi connectivity index (χ0) is 17.9. The summed E-state index contributed by atoms with van der Waals surface area (Å²) in [6.45, 7) is 8.91. The van der Waals surface area contributed by atoms with Crippen molar-refractivity contribution >= 4 is 0 Å². The van der Waals surface area contributed by atoms with Gasteiger partial charge in [0.05, 0.1) is 12.2 Å². The first kappa shape index (κ1) is 17.4. The highest BCUT2D eigenvalue weighted by molar-refractivity contribution is 5.70. The smallest absolute Gasteiger partial charge is 0.0879 e. The molecule has 3 aromatic rings. The van der Waals surface area contributed by atoms with Crippen molar-refractivity contribution in [2.45, 2.75) is 39.9 Å². The maximum Gasteiger partial charge on any atom is 0.0879 e. The lowest BCUT2D eigenvalue weighted by atomic mass is 9.96. The Morgan fingerprint density at radius 1 is 0.880 bits per heavy atom. The molecule has 1 aromatic heterocycles. The summed E-state index contributed by atoms with van der Waals surface area (Å²) in [5.41, 5.74) is 6.66. The fourth-order valence-corrected chi connectivity index (χ4v) is 3.01. The van der Waals surface area contributed by atoms with E-state index in [1.165, 1.54) is 22.3 Å². The third-order valence-electron chi connectivity index (χ3n) is 4.62. The molecule has 0 aliphatic heterocycles. The van der Waals surface area contributed by atoms with Crippen molar-refractivity contribution in [1.82, 2.24) is 4.98 Å². The molecule has 2 nitrogen and oxygen atoms in total. The fraction of sp³-hybridized carbons (Fsp3) is 0.261. The molecule has 1 heterocycles. The summed E-state index contributed by atoms with van der Waals surface area (Å²) in [6, 6.07) is 20.9. The first-order valence-corrected chi connectivity index (χ1v) is 8.68. The average Bonchev–Trinajstić information content (AvgIpc) is 2.62. The van der Waals surface area contributed by atoms with Gasteiger partial charge in [-0.2, -0.15) is 0 Å². The number of nitrogens with zero attached hydrogens (tertiary/aromatic N) is 1. The molecule has 0 aliphatic carbocycles. The number of aryl methyl sites for hydroxylation is 2. The second kappa shape index (κ2) is 7.20. The Labute approximate surface area is 150 Å². The molecule has 0 saturated heterocycles. The molecule has 0 fully saturated rings. The van der Waals surface area contributed by atoms with Gasteiger partial charge in [-0.3, -0.25) is 4.98 Å². The molecule has 0 aliphatic rings. The molecule has 0 atom stereocenters. The van der Waals surface area contributed by atoms with E-state index in [4.69, 9.17) is 4.74 Å². The van der Waals surface area contributed by atoms with Gasteiger partial charge < -0.3 is 4.74 Å². The van der Waals surface area contributed by atoms with Crippen LogP contribution in [0.4, 0.5) is 0 Å². The Bertz CT molecular complexity index is 853. The van der Waals surface area contributed by atoms with Gasteiger partial charge in [0.1, 0.15) is 0 Å². The van der Waals surface area contributed by atoms with Crippen LogP contribution in [0.2, 0.25) is 0 Å². The predicted octanol–water partition coefficient (Wildman–Crippen LogP) is 5.82. The van der Waals surface area contributed by atoms with Gasteiger partial charge >= 0.3 is 0 Å². The van der Waals surface area contributed by atoms with E-state index in [1.807, 2.05) is 31.3 Å². The standard InChI is InChI=1S/C23H25NO/c1-17-10-8-9-13-21(17)22-14-18(2)24-15-19(22)16-25-23(3,4)20-11-6-5-7-12-20/h5-15H,16H2,1-4H3. The zero-order valence-corrected chi connectivity index (χ0v) is 15.4. The molecule has 0 N–H and O–H groups in total. The Balaban J connectivity index is 1.90. The van der Waals surface area contributed by atoms with Crippen LogP contribution in [0.1, 0.15) is 36.2 Å². The van der Waals surface area contributed by atoms with Crippen LogP contribution in [-0.2, 0) is 16.9 Å². The van der Waals surface area contributed by atoms with Crippen molar-refractivity contribution in [3.05, 3.63) is 89.2 Å². The first-order chi connectivity index (χ1) is 12.0. The van der Waals surface area contributed by atoms with Crippen molar-refractivity contribution in [2.24, 2.45) is 0 Å².